The molecule has 0 bridgehead atoms. The van der Waals surface area contributed by atoms with E-state index in [1.807, 2.05) is 0 Å². The first kappa shape index (κ1) is 13.0. The molecule has 0 spiro atoms. The zero-order chi connectivity index (χ0) is 11.7. The number of nitrogens with zero attached hydrogens (tertiary/aromatic N) is 1. The summed E-state index contributed by atoms with van der Waals surface area (Å²) in [6.07, 6.45) is 1.34. The van der Waals surface area contributed by atoms with Crippen LogP contribution in [-0.2, 0) is 0 Å². The van der Waals surface area contributed by atoms with Crippen molar-refractivity contribution in [1.29, 1.82) is 0 Å². The van der Waals surface area contributed by atoms with Gasteiger partial charge < -0.3 is 10.2 Å². The molecule has 0 aromatic heterocycles. The molecule has 0 aromatic rings. The highest BCUT2D eigenvalue weighted by atomic mass is 15.2. The summed E-state index contributed by atoms with van der Waals surface area (Å²) < 4.78 is 0. The van der Waals surface area contributed by atoms with Crippen molar-refractivity contribution in [2.45, 2.75) is 47.1 Å². The van der Waals surface area contributed by atoms with E-state index in [1.54, 1.807) is 0 Å². The molecule has 1 saturated heterocycles. The lowest BCUT2D eigenvalue weighted by Crippen LogP contribution is -2.46. The first-order chi connectivity index (χ1) is 6.74. The molecule has 0 radical (unpaired) electrons. The van der Waals surface area contributed by atoms with Gasteiger partial charge in [0.25, 0.3) is 0 Å². The van der Waals surface area contributed by atoms with Crippen LogP contribution in [0.3, 0.4) is 0 Å². The van der Waals surface area contributed by atoms with Gasteiger partial charge in [0.1, 0.15) is 0 Å². The van der Waals surface area contributed by atoms with Crippen LogP contribution in [0.2, 0.25) is 0 Å². The van der Waals surface area contributed by atoms with Gasteiger partial charge in [-0.3, -0.25) is 0 Å². The maximum atomic E-state index is 3.45. The maximum Gasteiger partial charge on any atom is 0.0240 e. The van der Waals surface area contributed by atoms with Gasteiger partial charge in [0.05, 0.1) is 0 Å². The third-order valence-electron chi connectivity index (χ3n) is 3.59. The predicted octanol–water partition coefficient (Wildman–Crippen LogP) is 2.35. The highest BCUT2D eigenvalue weighted by Gasteiger charge is 2.32. The summed E-state index contributed by atoms with van der Waals surface area (Å²) in [6, 6.07) is 0.589. The van der Waals surface area contributed by atoms with Crippen LogP contribution in [0.25, 0.3) is 0 Å². The van der Waals surface area contributed by atoms with Crippen molar-refractivity contribution in [2.24, 2.45) is 10.8 Å². The molecule has 1 rings (SSSR count). The standard InChI is InChI=1S/C13H28N2/c1-12(2,3)11(14-6)9-15-8-7-13(4,5)10-15/h11,14H,7-10H2,1-6H3. The molecule has 1 atom stereocenters. The van der Waals surface area contributed by atoms with Gasteiger partial charge in [0, 0.05) is 19.1 Å². The lowest BCUT2D eigenvalue weighted by Gasteiger charge is -2.34. The third-order valence-corrected chi connectivity index (χ3v) is 3.59. The Morgan fingerprint density at radius 2 is 1.93 bits per heavy atom. The molecule has 1 aliphatic rings. The van der Waals surface area contributed by atoms with E-state index >= 15 is 0 Å². The van der Waals surface area contributed by atoms with Crippen LogP contribution in [0.15, 0.2) is 0 Å². The lowest BCUT2D eigenvalue weighted by molar-refractivity contribution is 0.191. The first-order valence-electron chi connectivity index (χ1n) is 6.14. The van der Waals surface area contributed by atoms with Crippen LogP contribution in [0.5, 0.6) is 0 Å². The summed E-state index contributed by atoms with van der Waals surface area (Å²) in [6.45, 7) is 15.4. The van der Waals surface area contributed by atoms with Crippen molar-refractivity contribution in [3.05, 3.63) is 0 Å². The Hall–Kier alpha value is -0.0800. The first-order valence-corrected chi connectivity index (χ1v) is 6.14. The third kappa shape index (κ3) is 3.76. The number of hydrogen-bond donors (Lipinski definition) is 1. The van der Waals surface area contributed by atoms with Crippen molar-refractivity contribution >= 4 is 0 Å². The van der Waals surface area contributed by atoms with Gasteiger partial charge in [-0.15, -0.1) is 0 Å². The van der Waals surface area contributed by atoms with E-state index in [9.17, 15) is 0 Å². The minimum absolute atomic E-state index is 0.349. The minimum atomic E-state index is 0.349. The van der Waals surface area contributed by atoms with E-state index in [-0.39, 0.29) is 0 Å². The molecule has 1 unspecified atom stereocenters. The number of likely N-dealkylation sites (N-methyl/N-ethyl adjacent to an activating group) is 1. The molecule has 2 nitrogen and oxygen atoms in total. The van der Waals surface area contributed by atoms with Crippen molar-refractivity contribution in [3.63, 3.8) is 0 Å². The van der Waals surface area contributed by atoms with E-state index < -0.39 is 0 Å². The molecule has 0 saturated carbocycles. The van der Waals surface area contributed by atoms with Crippen LogP contribution in [0, 0.1) is 10.8 Å². The van der Waals surface area contributed by atoms with E-state index in [2.05, 4.69) is 51.9 Å². The van der Waals surface area contributed by atoms with Crippen LogP contribution in [-0.4, -0.2) is 37.6 Å². The molecule has 1 aliphatic heterocycles. The highest BCUT2D eigenvalue weighted by Crippen LogP contribution is 2.30. The molecule has 0 aromatic carbocycles. The largest absolute Gasteiger partial charge is 0.315 e. The van der Waals surface area contributed by atoms with Crippen LogP contribution in [0.4, 0.5) is 0 Å². The Morgan fingerprint density at radius 3 is 2.27 bits per heavy atom. The fourth-order valence-corrected chi connectivity index (χ4v) is 2.44. The highest BCUT2D eigenvalue weighted by molar-refractivity contribution is 4.88. The van der Waals surface area contributed by atoms with Crippen molar-refractivity contribution in [3.8, 4) is 0 Å². The number of likely N-dealkylation sites (tertiary alicyclic amines) is 1. The van der Waals surface area contributed by atoms with Crippen LogP contribution >= 0.6 is 0 Å². The fraction of sp³-hybridized carbons (Fsp3) is 1.00. The minimum Gasteiger partial charge on any atom is -0.315 e. The monoisotopic (exact) mass is 212 g/mol. The van der Waals surface area contributed by atoms with E-state index in [0.29, 0.717) is 16.9 Å². The van der Waals surface area contributed by atoms with Gasteiger partial charge in [0.15, 0.2) is 0 Å². The second kappa shape index (κ2) is 4.42. The lowest BCUT2D eigenvalue weighted by atomic mass is 9.86. The van der Waals surface area contributed by atoms with Gasteiger partial charge in [-0.1, -0.05) is 34.6 Å². The fourth-order valence-electron chi connectivity index (χ4n) is 2.44. The van der Waals surface area contributed by atoms with E-state index in [4.69, 9.17) is 0 Å². The second-order valence-corrected chi connectivity index (χ2v) is 6.86. The van der Waals surface area contributed by atoms with Gasteiger partial charge in [-0.05, 0) is 30.8 Å². The normalized spacial score (nSPS) is 24.4. The maximum absolute atomic E-state index is 3.45. The Morgan fingerprint density at radius 1 is 1.33 bits per heavy atom. The van der Waals surface area contributed by atoms with Crippen molar-refractivity contribution < 1.29 is 0 Å². The topological polar surface area (TPSA) is 15.3 Å². The quantitative estimate of drug-likeness (QED) is 0.772. The summed E-state index contributed by atoms with van der Waals surface area (Å²) in [7, 11) is 2.08. The predicted molar refractivity (Wildman–Crippen MR) is 67.1 cm³/mol. The zero-order valence-electron chi connectivity index (χ0n) is 11.4. The Labute approximate surface area is 95.4 Å². The summed E-state index contributed by atoms with van der Waals surface area (Å²) in [4.78, 5) is 2.60. The molecular weight excluding hydrogens is 184 g/mol. The average Bonchev–Trinajstić information content (AvgIpc) is 2.39. The number of hydrogen-bond acceptors (Lipinski definition) is 2. The second-order valence-electron chi connectivity index (χ2n) is 6.86. The van der Waals surface area contributed by atoms with E-state index in [1.165, 1.54) is 26.1 Å². The van der Waals surface area contributed by atoms with Crippen LogP contribution in [0.1, 0.15) is 41.0 Å². The number of rotatable bonds is 3. The average molecular weight is 212 g/mol. The number of nitrogens with one attached hydrogen (secondary N) is 1. The van der Waals surface area contributed by atoms with Crippen LogP contribution < -0.4 is 5.32 Å². The smallest absolute Gasteiger partial charge is 0.0240 e. The molecule has 1 heterocycles. The van der Waals surface area contributed by atoms with Crippen molar-refractivity contribution in [1.82, 2.24) is 10.2 Å². The Kier molecular flexibility index (Phi) is 3.83. The van der Waals surface area contributed by atoms with Gasteiger partial charge in [0.2, 0.25) is 0 Å². The molecule has 0 amide bonds. The molecule has 2 heteroatoms. The van der Waals surface area contributed by atoms with Crippen molar-refractivity contribution in [2.75, 3.05) is 26.7 Å². The zero-order valence-corrected chi connectivity index (χ0v) is 11.4. The summed E-state index contributed by atoms with van der Waals surface area (Å²) in [5.74, 6) is 0. The molecule has 0 aliphatic carbocycles. The summed E-state index contributed by atoms with van der Waals surface area (Å²) in [5.41, 5.74) is 0.873. The molecule has 1 fully saturated rings. The van der Waals surface area contributed by atoms with Gasteiger partial charge >= 0.3 is 0 Å². The molecule has 90 valence electrons. The Bertz CT molecular complexity index is 203. The molecule has 15 heavy (non-hydrogen) atoms. The van der Waals surface area contributed by atoms with Gasteiger partial charge in [-0.2, -0.15) is 0 Å². The summed E-state index contributed by atoms with van der Waals surface area (Å²) in [5, 5.41) is 3.45. The molecule has 1 N–H and O–H groups in total. The SMILES string of the molecule is CNC(CN1CCC(C)(C)C1)C(C)(C)C. The summed E-state index contributed by atoms with van der Waals surface area (Å²) >= 11 is 0. The molecular formula is C13H28N2. The van der Waals surface area contributed by atoms with E-state index in [0.717, 1.165) is 0 Å². The Balaban J connectivity index is 2.48. The van der Waals surface area contributed by atoms with Gasteiger partial charge in [-0.25, -0.2) is 0 Å².